The number of unbranched alkanes of at least 4 members (excludes halogenated alkanes) is 2. The number of methoxy groups -OCH3 is 1. The van der Waals surface area contributed by atoms with E-state index in [-0.39, 0.29) is 5.97 Å². The van der Waals surface area contributed by atoms with Gasteiger partial charge in [-0.3, -0.25) is 0 Å². The number of carbonyl (C=O) groups is 1. The van der Waals surface area contributed by atoms with Gasteiger partial charge in [-0.2, -0.15) is 0 Å². The van der Waals surface area contributed by atoms with Gasteiger partial charge in [0.2, 0.25) is 0 Å². The van der Waals surface area contributed by atoms with Crippen molar-refractivity contribution in [3.8, 4) is 5.75 Å². The largest absolute Gasteiger partial charge is 0.496 e. The van der Waals surface area contributed by atoms with Crippen LogP contribution in [-0.2, 0) is 16.1 Å². The topological polar surface area (TPSA) is 78.3 Å². The lowest BCUT2D eigenvalue weighted by molar-refractivity contribution is -0.137. The van der Waals surface area contributed by atoms with Crippen molar-refractivity contribution in [2.75, 3.05) is 25.6 Å². The minimum absolute atomic E-state index is 0.356. The molecular formula is C25H32N4O3. The first-order valence-electron chi connectivity index (χ1n) is 11.1. The number of rotatable bonds is 11. The smallest absolute Gasteiger partial charge is 0.330 e. The van der Waals surface area contributed by atoms with Crippen LogP contribution in [0.4, 0.5) is 5.82 Å². The van der Waals surface area contributed by atoms with E-state index in [1.165, 1.54) is 18.9 Å². The third kappa shape index (κ3) is 5.87. The summed E-state index contributed by atoms with van der Waals surface area (Å²) in [5, 5.41) is 3.49. The molecule has 0 bridgehead atoms. The summed E-state index contributed by atoms with van der Waals surface area (Å²) in [4.78, 5) is 20.8. The normalized spacial score (nSPS) is 11.2. The number of esters is 1. The summed E-state index contributed by atoms with van der Waals surface area (Å²) in [6, 6.07) is 7.91. The summed E-state index contributed by atoms with van der Waals surface area (Å²) < 4.78 is 12.7. The number of hydrogen-bond acceptors (Lipinski definition) is 6. The summed E-state index contributed by atoms with van der Waals surface area (Å²) in [6.45, 7) is 7.75. The molecule has 0 unspecified atom stereocenters. The number of anilines is 1. The molecule has 32 heavy (non-hydrogen) atoms. The molecule has 7 nitrogen and oxygen atoms in total. The summed E-state index contributed by atoms with van der Waals surface area (Å²) in [6.07, 6.45) is 8.66. The summed E-state index contributed by atoms with van der Waals surface area (Å²) >= 11 is 0. The Kier molecular flexibility index (Phi) is 8.25. The average molecular weight is 437 g/mol. The molecule has 7 heteroatoms. The van der Waals surface area contributed by atoms with Crippen LogP contribution in [0, 0.1) is 6.92 Å². The number of carbonyl (C=O) groups excluding carboxylic acids is 1. The maximum atomic E-state index is 11.6. The first kappa shape index (κ1) is 23.3. The van der Waals surface area contributed by atoms with E-state index in [9.17, 15) is 4.79 Å². The molecule has 0 aliphatic rings. The molecule has 0 atom stereocenters. The van der Waals surface area contributed by atoms with Crippen LogP contribution in [-0.4, -0.2) is 40.8 Å². The molecule has 170 valence electrons. The molecule has 3 aromatic rings. The van der Waals surface area contributed by atoms with Gasteiger partial charge in [-0.1, -0.05) is 31.9 Å². The van der Waals surface area contributed by atoms with Gasteiger partial charge in [-0.05, 0) is 44.0 Å². The van der Waals surface area contributed by atoms with Gasteiger partial charge in [0, 0.05) is 24.4 Å². The number of aromatic nitrogens is 3. The molecule has 0 aliphatic carbocycles. The van der Waals surface area contributed by atoms with Crippen molar-refractivity contribution in [2.45, 2.75) is 46.6 Å². The standard InChI is InChI=1S/C25H32N4O3/c1-5-7-8-14-26-25-24-21(27-18(3)28-25)13-15-29(24)17-20-11-9-19(16-22(20)31-4)10-12-23(30)32-6-2/h9-13,15-16H,5-8,14,17H2,1-4H3,(H,26,27,28)/b12-10+. The number of nitrogens with zero attached hydrogens (tertiary/aromatic N) is 3. The minimum Gasteiger partial charge on any atom is -0.496 e. The highest BCUT2D eigenvalue weighted by Gasteiger charge is 2.13. The van der Waals surface area contributed by atoms with E-state index in [4.69, 9.17) is 9.47 Å². The van der Waals surface area contributed by atoms with Crippen molar-refractivity contribution in [1.29, 1.82) is 0 Å². The zero-order chi connectivity index (χ0) is 22.9. The Bertz CT molecular complexity index is 1090. The molecule has 0 fully saturated rings. The molecule has 0 aliphatic heterocycles. The second-order valence-corrected chi connectivity index (χ2v) is 7.59. The third-order valence-electron chi connectivity index (χ3n) is 5.15. The van der Waals surface area contributed by atoms with Crippen LogP contribution >= 0.6 is 0 Å². The number of ether oxygens (including phenoxy) is 2. The molecule has 2 heterocycles. The van der Waals surface area contributed by atoms with E-state index in [0.717, 1.165) is 52.5 Å². The van der Waals surface area contributed by atoms with Crippen LogP contribution < -0.4 is 10.1 Å². The first-order valence-corrected chi connectivity index (χ1v) is 11.1. The lowest BCUT2D eigenvalue weighted by Crippen LogP contribution is -2.09. The predicted molar refractivity (Wildman–Crippen MR) is 128 cm³/mol. The van der Waals surface area contributed by atoms with Crippen LogP contribution in [0.3, 0.4) is 0 Å². The van der Waals surface area contributed by atoms with E-state index in [2.05, 4.69) is 26.8 Å². The lowest BCUT2D eigenvalue weighted by Gasteiger charge is -2.14. The number of benzene rings is 1. The molecule has 0 spiro atoms. The lowest BCUT2D eigenvalue weighted by atomic mass is 10.1. The van der Waals surface area contributed by atoms with Crippen LogP contribution in [0.1, 0.15) is 50.1 Å². The third-order valence-corrected chi connectivity index (χ3v) is 5.15. The molecule has 3 rings (SSSR count). The highest BCUT2D eigenvalue weighted by atomic mass is 16.5. The van der Waals surface area contributed by atoms with Crippen molar-refractivity contribution in [3.63, 3.8) is 0 Å². The Labute approximate surface area is 189 Å². The molecule has 0 saturated carbocycles. The maximum absolute atomic E-state index is 11.6. The highest BCUT2D eigenvalue weighted by Crippen LogP contribution is 2.27. The van der Waals surface area contributed by atoms with E-state index in [1.54, 1.807) is 20.1 Å². The quantitative estimate of drug-likeness (QED) is 0.260. The van der Waals surface area contributed by atoms with Gasteiger partial charge < -0.3 is 19.4 Å². The van der Waals surface area contributed by atoms with E-state index >= 15 is 0 Å². The van der Waals surface area contributed by atoms with Gasteiger partial charge in [-0.15, -0.1) is 0 Å². The number of hydrogen-bond donors (Lipinski definition) is 1. The Morgan fingerprint density at radius 3 is 2.78 bits per heavy atom. The van der Waals surface area contributed by atoms with Gasteiger partial charge in [-0.25, -0.2) is 14.8 Å². The summed E-state index contributed by atoms with van der Waals surface area (Å²) in [5.74, 6) is 2.01. The highest BCUT2D eigenvalue weighted by molar-refractivity contribution is 5.87. The summed E-state index contributed by atoms with van der Waals surface area (Å²) in [7, 11) is 1.65. The molecular weight excluding hydrogens is 404 g/mol. The first-order chi connectivity index (χ1) is 15.5. The number of aryl methyl sites for hydroxylation is 1. The van der Waals surface area contributed by atoms with Crippen LogP contribution in [0.25, 0.3) is 17.1 Å². The monoisotopic (exact) mass is 436 g/mol. The van der Waals surface area contributed by atoms with E-state index in [0.29, 0.717) is 13.2 Å². The van der Waals surface area contributed by atoms with Gasteiger partial charge in [0.1, 0.15) is 17.1 Å². The summed E-state index contributed by atoms with van der Waals surface area (Å²) in [5.41, 5.74) is 3.80. The molecule has 0 saturated heterocycles. The fourth-order valence-electron chi connectivity index (χ4n) is 3.59. The van der Waals surface area contributed by atoms with E-state index < -0.39 is 0 Å². The number of fused-ring (bicyclic) bond motifs is 1. The molecule has 0 amide bonds. The van der Waals surface area contributed by atoms with Crippen molar-refractivity contribution in [1.82, 2.24) is 14.5 Å². The molecule has 2 aromatic heterocycles. The van der Waals surface area contributed by atoms with Crippen LogP contribution in [0.15, 0.2) is 36.5 Å². The van der Waals surface area contributed by atoms with Gasteiger partial charge >= 0.3 is 5.97 Å². The molecule has 1 aromatic carbocycles. The van der Waals surface area contributed by atoms with Crippen molar-refractivity contribution in [3.05, 3.63) is 53.5 Å². The minimum atomic E-state index is -0.358. The fourth-order valence-corrected chi connectivity index (χ4v) is 3.59. The molecule has 0 radical (unpaired) electrons. The average Bonchev–Trinajstić information content (AvgIpc) is 3.18. The zero-order valence-electron chi connectivity index (χ0n) is 19.4. The SMILES string of the molecule is CCCCCNc1nc(C)nc2ccn(Cc3ccc(/C=C/C(=O)OCC)cc3OC)c12. The fraction of sp³-hybridized carbons (Fsp3) is 0.400. The second kappa shape index (κ2) is 11.3. The Hall–Kier alpha value is -3.35. The zero-order valence-corrected chi connectivity index (χ0v) is 19.4. The van der Waals surface area contributed by atoms with E-state index in [1.807, 2.05) is 37.4 Å². The second-order valence-electron chi connectivity index (χ2n) is 7.59. The predicted octanol–water partition coefficient (Wildman–Crippen LogP) is 4.98. The van der Waals surface area contributed by atoms with Crippen molar-refractivity contribution in [2.24, 2.45) is 0 Å². The van der Waals surface area contributed by atoms with Gasteiger partial charge in [0.25, 0.3) is 0 Å². The van der Waals surface area contributed by atoms with Crippen molar-refractivity contribution < 1.29 is 14.3 Å². The molecule has 1 N–H and O–H groups in total. The Balaban J connectivity index is 1.86. The maximum Gasteiger partial charge on any atom is 0.330 e. The van der Waals surface area contributed by atoms with Crippen LogP contribution in [0.2, 0.25) is 0 Å². The van der Waals surface area contributed by atoms with Crippen LogP contribution in [0.5, 0.6) is 5.75 Å². The van der Waals surface area contributed by atoms with Gasteiger partial charge in [0.05, 0.1) is 25.8 Å². The number of nitrogens with one attached hydrogen (secondary N) is 1. The van der Waals surface area contributed by atoms with Gasteiger partial charge in [0.15, 0.2) is 5.82 Å². The Morgan fingerprint density at radius 2 is 2.03 bits per heavy atom. The Morgan fingerprint density at radius 1 is 1.19 bits per heavy atom. The van der Waals surface area contributed by atoms with Crippen molar-refractivity contribution >= 4 is 28.9 Å².